The predicted octanol–water partition coefficient (Wildman–Crippen LogP) is 2.03. The molecule has 1 aromatic rings. The minimum absolute atomic E-state index is 0.00517. The van der Waals surface area contributed by atoms with Gasteiger partial charge in [0.15, 0.2) is 0 Å². The largest absolute Gasteiger partial charge is 0.481 e. The summed E-state index contributed by atoms with van der Waals surface area (Å²) >= 11 is 0. The molecule has 23 heavy (non-hydrogen) atoms. The van der Waals surface area contributed by atoms with Crippen LogP contribution >= 0.6 is 0 Å². The van der Waals surface area contributed by atoms with Crippen LogP contribution in [0.2, 0.25) is 0 Å². The molecular weight excluding hydrogens is 318 g/mol. The van der Waals surface area contributed by atoms with E-state index in [0.29, 0.717) is 19.6 Å². The second kappa shape index (κ2) is 6.59. The molecule has 0 amide bonds. The number of carboxylic acids is 1. The van der Waals surface area contributed by atoms with Gasteiger partial charge in [-0.1, -0.05) is 18.9 Å². The van der Waals surface area contributed by atoms with Crippen molar-refractivity contribution in [3.63, 3.8) is 0 Å². The summed E-state index contributed by atoms with van der Waals surface area (Å²) in [6, 6.07) is 4.71. The van der Waals surface area contributed by atoms with E-state index in [1.165, 1.54) is 0 Å². The monoisotopic (exact) mass is 339 g/mol. The number of carboxylic acid groups (broad SMARTS) is 1. The maximum Gasteiger partial charge on any atom is 0.303 e. The van der Waals surface area contributed by atoms with Crippen LogP contribution in [0, 0.1) is 5.92 Å². The van der Waals surface area contributed by atoms with Crippen LogP contribution in [-0.4, -0.2) is 25.5 Å². The number of fused-ring (bicyclic) bond motifs is 1. The standard InChI is InChI=1S/C16H21NO5S/c18-16(19)8-11-3-1-2-4-15(11)17-23(20,21)14-6-5-12-9-22-10-13(12)7-14/h5-7,11,15,17H,1-4,8-10H2,(H,18,19)/t11-,15-/m0/s1. The Balaban J connectivity index is 1.78. The van der Waals surface area contributed by atoms with E-state index in [1.807, 2.05) is 0 Å². The molecule has 1 fully saturated rings. The predicted molar refractivity (Wildman–Crippen MR) is 83.3 cm³/mol. The molecule has 7 heteroatoms. The molecule has 1 heterocycles. The third-order valence-corrected chi connectivity index (χ3v) is 6.14. The SMILES string of the molecule is O=C(O)C[C@@H]1CCCC[C@@H]1NS(=O)(=O)c1ccc2c(c1)COC2. The van der Waals surface area contributed by atoms with Gasteiger partial charge in [-0.3, -0.25) is 4.79 Å². The van der Waals surface area contributed by atoms with Gasteiger partial charge in [-0.25, -0.2) is 13.1 Å². The summed E-state index contributed by atoms with van der Waals surface area (Å²) in [5.74, 6) is -1.02. The molecule has 1 aliphatic heterocycles. The zero-order chi connectivity index (χ0) is 16.4. The fourth-order valence-corrected chi connectivity index (χ4v) is 4.80. The fourth-order valence-electron chi connectivity index (χ4n) is 3.41. The maximum atomic E-state index is 12.6. The van der Waals surface area contributed by atoms with Crippen molar-refractivity contribution in [2.24, 2.45) is 5.92 Å². The zero-order valence-corrected chi connectivity index (χ0v) is 13.6. The lowest BCUT2D eigenvalue weighted by Crippen LogP contribution is -2.42. The highest BCUT2D eigenvalue weighted by atomic mass is 32.2. The molecule has 0 spiro atoms. The van der Waals surface area contributed by atoms with Crippen LogP contribution in [0.15, 0.2) is 23.1 Å². The van der Waals surface area contributed by atoms with E-state index in [4.69, 9.17) is 9.84 Å². The van der Waals surface area contributed by atoms with E-state index in [9.17, 15) is 13.2 Å². The molecule has 0 bridgehead atoms. The minimum atomic E-state index is -3.65. The van der Waals surface area contributed by atoms with Crippen LogP contribution < -0.4 is 4.72 Å². The summed E-state index contributed by atoms with van der Waals surface area (Å²) in [5, 5.41) is 9.01. The minimum Gasteiger partial charge on any atom is -0.481 e. The van der Waals surface area contributed by atoms with Gasteiger partial charge < -0.3 is 9.84 Å². The van der Waals surface area contributed by atoms with Gasteiger partial charge in [-0.15, -0.1) is 0 Å². The highest BCUT2D eigenvalue weighted by molar-refractivity contribution is 7.89. The fraction of sp³-hybridized carbons (Fsp3) is 0.562. The van der Waals surface area contributed by atoms with Gasteiger partial charge in [-0.2, -0.15) is 0 Å². The average Bonchev–Trinajstić information content (AvgIpc) is 2.96. The van der Waals surface area contributed by atoms with Gasteiger partial charge >= 0.3 is 5.97 Å². The first-order valence-corrected chi connectivity index (χ1v) is 9.38. The van der Waals surface area contributed by atoms with Gasteiger partial charge in [0, 0.05) is 12.5 Å². The van der Waals surface area contributed by atoms with E-state index in [1.54, 1.807) is 18.2 Å². The summed E-state index contributed by atoms with van der Waals surface area (Å²) in [7, 11) is -3.65. The highest BCUT2D eigenvalue weighted by Gasteiger charge is 2.31. The molecule has 0 unspecified atom stereocenters. The number of aliphatic carboxylic acids is 1. The zero-order valence-electron chi connectivity index (χ0n) is 12.8. The number of hydrogen-bond acceptors (Lipinski definition) is 4. The molecule has 6 nitrogen and oxygen atoms in total. The molecule has 126 valence electrons. The summed E-state index contributed by atoms with van der Waals surface area (Å²) in [4.78, 5) is 11.2. The number of carbonyl (C=O) groups is 1. The van der Waals surface area contributed by atoms with Crippen LogP contribution in [0.5, 0.6) is 0 Å². The molecule has 0 saturated heterocycles. The maximum absolute atomic E-state index is 12.6. The van der Waals surface area contributed by atoms with E-state index >= 15 is 0 Å². The van der Waals surface area contributed by atoms with Crippen molar-refractivity contribution in [1.82, 2.24) is 4.72 Å². The summed E-state index contributed by atoms with van der Waals surface area (Å²) in [5.41, 5.74) is 1.92. The lowest BCUT2D eigenvalue weighted by Gasteiger charge is -2.31. The van der Waals surface area contributed by atoms with Crippen LogP contribution in [0.1, 0.15) is 43.2 Å². The van der Waals surface area contributed by atoms with Crippen molar-refractivity contribution < 1.29 is 23.1 Å². The van der Waals surface area contributed by atoms with Crippen LogP contribution in [0.4, 0.5) is 0 Å². The highest BCUT2D eigenvalue weighted by Crippen LogP contribution is 2.29. The Bertz CT molecular complexity index is 700. The molecule has 1 aliphatic carbocycles. The molecule has 2 atom stereocenters. The van der Waals surface area contributed by atoms with Gasteiger partial charge in [-0.05, 0) is 42.0 Å². The molecule has 3 rings (SSSR count). The van der Waals surface area contributed by atoms with E-state index in [-0.39, 0.29) is 23.3 Å². The van der Waals surface area contributed by atoms with Crippen molar-refractivity contribution in [2.45, 2.75) is 56.3 Å². The van der Waals surface area contributed by atoms with Crippen molar-refractivity contribution in [3.8, 4) is 0 Å². The third kappa shape index (κ3) is 3.73. The van der Waals surface area contributed by atoms with Crippen LogP contribution in [0.25, 0.3) is 0 Å². The van der Waals surface area contributed by atoms with Crippen LogP contribution in [-0.2, 0) is 32.8 Å². The van der Waals surface area contributed by atoms with E-state index in [0.717, 1.165) is 30.4 Å². The second-order valence-electron chi connectivity index (χ2n) is 6.29. The van der Waals surface area contributed by atoms with Crippen molar-refractivity contribution in [1.29, 1.82) is 0 Å². The number of benzene rings is 1. The van der Waals surface area contributed by atoms with E-state index in [2.05, 4.69) is 4.72 Å². The molecular formula is C16H21NO5S. The normalized spacial score (nSPS) is 24.3. The quantitative estimate of drug-likeness (QED) is 0.856. The Hall–Kier alpha value is -1.44. The Kier molecular flexibility index (Phi) is 4.70. The smallest absolute Gasteiger partial charge is 0.303 e. The number of ether oxygens (including phenoxy) is 1. The molecule has 0 radical (unpaired) electrons. The van der Waals surface area contributed by atoms with Crippen molar-refractivity contribution in [2.75, 3.05) is 0 Å². The second-order valence-corrected chi connectivity index (χ2v) is 8.01. The molecule has 1 saturated carbocycles. The lowest BCUT2D eigenvalue weighted by molar-refractivity contribution is -0.138. The lowest BCUT2D eigenvalue weighted by atomic mass is 9.83. The van der Waals surface area contributed by atoms with Crippen molar-refractivity contribution in [3.05, 3.63) is 29.3 Å². The molecule has 2 N–H and O–H groups in total. The Morgan fingerprint density at radius 3 is 2.74 bits per heavy atom. The molecule has 2 aliphatic rings. The Labute approximate surface area is 135 Å². The summed E-state index contributed by atoms with van der Waals surface area (Å²) in [6.07, 6.45) is 3.31. The average molecular weight is 339 g/mol. The number of nitrogens with one attached hydrogen (secondary N) is 1. The third-order valence-electron chi connectivity index (χ3n) is 4.66. The topological polar surface area (TPSA) is 92.7 Å². The first kappa shape index (κ1) is 16.4. The van der Waals surface area contributed by atoms with Gasteiger partial charge in [0.2, 0.25) is 10.0 Å². The van der Waals surface area contributed by atoms with E-state index < -0.39 is 16.0 Å². The summed E-state index contributed by atoms with van der Waals surface area (Å²) < 4.78 is 33.3. The molecule has 0 aromatic heterocycles. The number of rotatable bonds is 5. The van der Waals surface area contributed by atoms with Crippen molar-refractivity contribution >= 4 is 16.0 Å². The van der Waals surface area contributed by atoms with Gasteiger partial charge in [0.25, 0.3) is 0 Å². The Morgan fingerprint density at radius 1 is 1.22 bits per heavy atom. The first-order chi connectivity index (χ1) is 11.0. The van der Waals surface area contributed by atoms with Gasteiger partial charge in [0.05, 0.1) is 18.1 Å². The number of sulfonamides is 1. The van der Waals surface area contributed by atoms with Gasteiger partial charge in [0.1, 0.15) is 0 Å². The molecule has 1 aromatic carbocycles. The first-order valence-electron chi connectivity index (χ1n) is 7.89. The van der Waals surface area contributed by atoms with Crippen LogP contribution in [0.3, 0.4) is 0 Å². The Morgan fingerprint density at radius 2 is 1.96 bits per heavy atom. The number of hydrogen-bond donors (Lipinski definition) is 2. The summed E-state index contributed by atoms with van der Waals surface area (Å²) in [6.45, 7) is 0.955.